The van der Waals surface area contributed by atoms with Gasteiger partial charge in [-0.2, -0.15) is 0 Å². The second-order valence-electron chi connectivity index (χ2n) is 1.05. The highest BCUT2D eigenvalue weighted by Gasteiger charge is 1.92. The molecule has 0 unspecified atom stereocenters. The summed E-state index contributed by atoms with van der Waals surface area (Å²) in [6, 6.07) is 0. The Morgan fingerprint density at radius 3 is 2.50 bits per heavy atom. The number of carbonyl (C=O) groups is 1. The Kier molecular flexibility index (Phi) is 3.55. The van der Waals surface area contributed by atoms with Crippen molar-refractivity contribution in [2.45, 2.75) is 0 Å². The quantitative estimate of drug-likeness (QED) is 0.380. The first-order valence-corrected chi connectivity index (χ1v) is 2.67. The van der Waals surface area contributed by atoms with Crippen LogP contribution in [0.5, 0.6) is 0 Å². The van der Waals surface area contributed by atoms with Gasteiger partial charge in [-0.1, -0.05) is 12.2 Å². The van der Waals surface area contributed by atoms with Gasteiger partial charge < -0.3 is 10.4 Å². The number of hydrogen-bond acceptors (Lipinski definition) is 2. The standard InChI is InChI=1S/C3H5NO2S2/c5-2(6)1-4-3(7)8/h1H2,(H,5,6)(H2,4,7,8). The van der Waals surface area contributed by atoms with Gasteiger partial charge in [0.2, 0.25) is 0 Å². The number of aliphatic carboxylic acids is 1. The van der Waals surface area contributed by atoms with Gasteiger partial charge in [-0.15, -0.1) is 12.6 Å². The van der Waals surface area contributed by atoms with Crippen LogP contribution in [0.3, 0.4) is 0 Å². The van der Waals surface area contributed by atoms with Crippen molar-refractivity contribution in [2.75, 3.05) is 6.54 Å². The molecule has 0 aliphatic rings. The zero-order chi connectivity index (χ0) is 6.57. The van der Waals surface area contributed by atoms with E-state index < -0.39 is 5.97 Å². The van der Waals surface area contributed by atoms with Crippen molar-refractivity contribution >= 4 is 35.1 Å². The normalized spacial score (nSPS) is 8.12. The molecule has 3 nitrogen and oxygen atoms in total. The second kappa shape index (κ2) is 3.68. The van der Waals surface area contributed by atoms with Crippen molar-refractivity contribution in [3.05, 3.63) is 0 Å². The lowest BCUT2D eigenvalue weighted by molar-refractivity contribution is -0.135. The van der Waals surface area contributed by atoms with Gasteiger partial charge in [-0.3, -0.25) is 4.79 Å². The predicted octanol–water partition coefficient (Wildman–Crippen LogP) is -0.125. The van der Waals surface area contributed by atoms with E-state index in [-0.39, 0.29) is 10.9 Å². The first-order chi connectivity index (χ1) is 3.63. The summed E-state index contributed by atoms with van der Waals surface area (Å²) >= 11 is 8.03. The Morgan fingerprint density at radius 1 is 1.88 bits per heavy atom. The Bertz CT molecular complexity index is 99.9. The summed E-state index contributed by atoms with van der Waals surface area (Å²) in [4.78, 5) is 9.75. The number of hydrogen-bond donors (Lipinski definition) is 3. The molecule has 0 radical (unpaired) electrons. The minimum absolute atomic E-state index is 0.164. The highest BCUT2D eigenvalue weighted by Crippen LogP contribution is 1.74. The summed E-state index contributed by atoms with van der Waals surface area (Å²) in [5.74, 6) is -0.943. The number of carboxylic acids is 1. The molecule has 0 saturated carbocycles. The van der Waals surface area contributed by atoms with Crippen LogP contribution >= 0.6 is 24.8 Å². The van der Waals surface area contributed by atoms with Crippen LogP contribution < -0.4 is 5.32 Å². The van der Waals surface area contributed by atoms with Crippen LogP contribution in [0.15, 0.2) is 0 Å². The third-order valence-electron chi connectivity index (χ3n) is 0.391. The first kappa shape index (κ1) is 7.71. The zero-order valence-electron chi connectivity index (χ0n) is 3.92. The minimum Gasteiger partial charge on any atom is -0.480 e. The molecule has 0 rings (SSSR count). The molecule has 0 aliphatic carbocycles. The fraction of sp³-hybridized carbons (Fsp3) is 0.333. The smallest absolute Gasteiger partial charge is 0.322 e. The van der Waals surface area contributed by atoms with Gasteiger partial charge >= 0.3 is 5.97 Å². The van der Waals surface area contributed by atoms with Crippen LogP contribution in [0.1, 0.15) is 0 Å². The summed E-state index contributed by atoms with van der Waals surface area (Å²) in [7, 11) is 0. The molecule has 0 atom stereocenters. The topological polar surface area (TPSA) is 49.3 Å². The van der Waals surface area contributed by atoms with Crippen molar-refractivity contribution in [1.29, 1.82) is 0 Å². The van der Waals surface area contributed by atoms with E-state index in [0.717, 1.165) is 0 Å². The van der Waals surface area contributed by atoms with Crippen LogP contribution in [-0.2, 0) is 4.79 Å². The summed E-state index contributed by atoms with van der Waals surface area (Å²) in [6.07, 6.45) is 0. The number of thiol groups is 1. The Morgan fingerprint density at radius 2 is 2.38 bits per heavy atom. The molecule has 46 valence electrons. The molecule has 0 aromatic rings. The van der Waals surface area contributed by atoms with Crippen LogP contribution in [0.2, 0.25) is 0 Å². The largest absolute Gasteiger partial charge is 0.480 e. The maximum Gasteiger partial charge on any atom is 0.322 e. The zero-order valence-corrected chi connectivity index (χ0v) is 5.63. The molecule has 0 aliphatic heterocycles. The van der Waals surface area contributed by atoms with Crippen LogP contribution in [0.4, 0.5) is 0 Å². The Balaban J connectivity index is 3.18. The molecule has 0 aromatic heterocycles. The molecule has 0 spiro atoms. The van der Waals surface area contributed by atoms with E-state index in [1.54, 1.807) is 0 Å². The summed E-state index contributed by atoms with van der Waals surface area (Å²) < 4.78 is 0.201. The molecule has 0 heterocycles. The molecular weight excluding hydrogens is 146 g/mol. The highest BCUT2D eigenvalue weighted by atomic mass is 32.1. The van der Waals surface area contributed by atoms with Crippen LogP contribution in [-0.4, -0.2) is 21.9 Å². The lowest BCUT2D eigenvalue weighted by Crippen LogP contribution is -2.24. The maximum absolute atomic E-state index is 9.75. The Labute approximate surface area is 57.5 Å². The first-order valence-electron chi connectivity index (χ1n) is 1.81. The predicted molar refractivity (Wildman–Crippen MR) is 37.2 cm³/mol. The molecular formula is C3H5NO2S2. The van der Waals surface area contributed by atoms with E-state index in [1.165, 1.54) is 0 Å². The molecule has 0 aromatic carbocycles. The lowest BCUT2D eigenvalue weighted by atomic mass is 10.7. The van der Waals surface area contributed by atoms with Gasteiger partial charge in [-0.05, 0) is 0 Å². The van der Waals surface area contributed by atoms with E-state index in [0.29, 0.717) is 0 Å². The summed E-state index contributed by atoms with van der Waals surface area (Å²) in [5, 5.41) is 10.3. The van der Waals surface area contributed by atoms with Crippen LogP contribution in [0, 0.1) is 0 Å². The fourth-order valence-corrected chi connectivity index (χ4v) is 0.302. The molecule has 0 bridgehead atoms. The van der Waals surface area contributed by atoms with E-state index in [2.05, 4.69) is 30.2 Å². The third-order valence-corrected chi connectivity index (χ3v) is 0.693. The van der Waals surface area contributed by atoms with Crippen molar-refractivity contribution in [3.63, 3.8) is 0 Å². The minimum atomic E-state index is -0.943. The van der Waals surface area contributed by atoms with E-state index in [1.807, 2.05) is 0 Å². The molecule has 0 saturated heterocycles. The number of carboxylic acid groups (broad SMARTS) is 1. The lowest BCUT2D eigenvalue weighted by Gasteiger charge is -1.94. The van der Waals surface area contributed by atoms with Gasteiger partial charge in [0.05, 0.1) is 0 Å². The van der Waals surface area contributed by atoms with E-state index >= 15 is 0 Å². The number of rotatable bonds is 2. The Hall–Kier alpha value is -0.290. The van der Waals surface area contributed by atoms with E-state index in [4.69, 9.17) is 5.11 Å². The van der Waals surface area contributed by atoms with Gasteiger partial charge in [0.1, 0.15) is 10.9 Å². The van der Waals surface area contributed by atoms with Gasteiger partial charge in [-0.25, -0.2) is 0 Å². The fourth-order valence-electron chi connectivity index (χ4n) is 0.151. The summed E-state index contributed by atoms with van der Waals surface area (Å²) in [6.45, 7) is -0.164. The van der Waals surface area contributed by atoms with Crippen molar-refractivity contribution in [2.24, 2.45) is 0 Å². The van der Waals surface area contributed by atoms with Gasteiger partial charge in [0, 0.05) is 0 Å². The van der Waals surface area contributed by atoms with E-state index in [9.17, 15) is 4.79 Å². The maximum atomic E-state index is 9.75. The van der Waals surface area contributed by atoms with Crippen molar-refractivity contribution in [3.8, 4) is 0 Å². The second-order valence-corrected chi connectivity index (χ2v) is 2.21. The average Bonchev–Trinajstić information content (AvgIpc) is 1.61. The SMILES string of the molecule is O=C(O)CNC(=S)S. The van der Waals surface area contributed by atoms with Crippen molar-refractivity contribution in [1.82, 2.24) is 5.32 Å². The van der Waals surface area contributed by atoms with Gasteiger partial charge in [0.15, 0.2) is 0 Å². The van der Waals surface area contributed by atoms with Gasteiger partial charge in [0.25, 0.3) is 0 Å². The number of nitrogens with one attached hydrogen (secondary N) is 1. The molecule has 8 heavy (non-hydrogen) atoms. The molecule has 0 amide bonds. The molecule has 5 heteroatoms. The van der Waals surface area contributed by atoms with Crippen molar-refractivity contribution < 1.29 is 9.90 Å². The molecule has 2 N–H and O–H groups in total. The number of thiocarbonyl (C=S) groups is 1. The monoisotopic (exact) mass is 151 g/mol. The third kappa shape index (κ3) is 5.71. The average molecular weight is 151 g/mol. The molecule has 0 fully saturated rings. The van der Waals surface area contributed by atoms with Crippen LogP contribution in [0.25, 0.3) is 0 Å². The summed E-state index contributed by atoms with van der Waals surface area (Å²) in [5.41, 5.74) is 0. The highest BCUT2D eigenvalue weighted by molar-refractivity contribution is 8.11.